The molecular weight excluding hydrogens is 464 g/mol. The second kappa shape index (κ2) is 10.0. The Morgan fingerprint density at radius 3 is 2.59 bits per heavy atom. The zero-order valence-electron chi connectivity index (χ0n) is 20.8. The van der Waals surface area contributed by atoms with Crippen LogP contribution in [0, 0.1) is 6.92 Å². The maximum atomic E-state index is 13.3. The molecule has 3 aromatic heterocycles. The van der Waals surface area contributed by atoms with Crippen LogP contribution in [-0.2, 0) is 0 Å². The molecule has 1 amide bonds. The summed E-state index contributed by atoms with van der Waals surface area (Å²) in [5, 5.41) is 15.6. The highest BCUT2D eigenvalue weighted by Crippen LogP contribution is 2.22. The van der Waals surface area contributed by atoms with E-state index in [-0.39, 0.29) is 17.7 Å². The normalized spacial score (nSPS) is 11.5. The van der Waals surface area contributed by atoms with Crippen molar-refractivity contribution < 1.29 is 9.59 Å². The van der Waals surface area contributed by atoms with Crippen molar-refractivity contribution in [2.45, 2.75) is 26.8 Å². The Bertz CT molecular complexity index is 1630. The summed E-state index contributed by atoms with van der Waals surface area (Å²) in [5.41, 5.74) is 5.13. The average Bonchev–Trinajstić information content (AvgIpc) is 3.51. The molecule has 2 N–H and O–H groups in total. The SMILES string of the molecule is Cc1cc(C(=O)Nc2cccc(C(=O)c3ccc4c(C=Cc5ccccn5)n[nH]c4c3)c2)n(C(C)C)n1. The molecule has 0 saturated heterocycles. The Kier molecular flexibility index (Phi) is 6.47. The van der Waals surface area contributed by atoms with Crippen LogP contribution >= 0.6 is 0 Å². The molecule has 184 valence electrons. The number of nitrogens with zero attached hydrogens (tertiary/aromatic N) is 4. The molecule has 5 aromatic rings. The molecular formula is C29H26N6O2. The van der Waals surface area contributed by atoms with E-state index in [1.54, 1.807) is 53.3 Å². The predicted octanol–water partition coefficient (Wildman–Crippen LogP) is 5.70. The Morgan fingerprint density at radius 1 is 0.973 bits per heavy atom. The number of hydrogen-bond donors (Lipinski definition) is 2. The fraction of sp³-hybridized carbons (Fsp3) is 0.138. The number of H-pyrrole nitrogens is 1. The molecule has 0 fully saturated rings. The lowest BCUT2D eigenvalue weighted by atomic mass is 10.0. The summed E-state index contributed by atoms with van der Waals surface area (Å²) in [6.07, 6.45) is 5.52. The van der Waals surface area contributed by atoms with Crippen LogP contribution in [0.5, 0.6) is 0 Å². The smallest absolute Gasteiger partial charge is 0.273 e. The molecule has 0 saturated carbocycles. The Labute approximate surface area is 214 Å². The van der Waals surface area contributed by atoms with Gasteiger partial charge < -0.3 is 5.32 Å². The Hall–Kier alpha value is -4.85. The molecule has 0 aliphatic carbocycles. The van der Waals surface area contributed by atoms with E-state index < -0.39 is 0 Å². The molecule has 0 spiro atoms. The highest BCUT2D eigenvalue weighted by molar-refractivity contribution is 6.12. The number of ketones is 1. The van der Waals surface area contributed by atoms with E-state index in [9.17, 15) is 9.59 Å². The third-order valence-corrected chi connectivity index (χ3v) is 5.92. The van der Waals surface area contributed by atoms with E-state index >= 15 is 0 Å². The number of aryl methyl sites for hydroxylation is 1. The van der Waals surface area contributed by atoms with E-state index in [2.05, 4.69) is 25.6 Å². The molecule has 0 aliphatic heterocycles. The number of amides is 1. The fourth-order valence-electron chi connectivity index (χ4n) is 4.13. The summed E-state index contributed by atoms with van der Waals surface area (Å²) in [6, 6.07) is 19.9. The van der Waals surface area contributed by atoms with Crippen molar-refractivity contribution >= 4 is 40.4 Å². The van der Waals surface area contributed by atoms with Crippen molar-refractivity contribution in [3.8, 4) is 0 Å². The van der Waals surface area contributed by atoms with Crippen LogP contribution in [0.25, 0.3) is 23.1 Å². The van der Waals surface area contributed by atoms with Gasteiger partial charge in [-0.2, -0.15) is 10.2 Å². The van der Waals surface area contributed by atoms with Crippen molar-refractivity contribution in [2.24, 2.45) is 0 Å². The van der Waals surface area contributed by atoms with Gasteiger partial charge in [0.1, 0.15) is 5.69 Å². The number of carbonyl (C=O) groups excluding carboxylic acids is 2. The van der Waals surface area contributed by atoms with Crippen LogP contribution in [0.1, 0.15) is 63.4 Å². The van der Waals surface area contributed by atoms with Gasteiger partial charge in [0.15, 0.2) is 5.78 Å². The molecule has 0 atom stereocenters. The number of pyridine rings is 1. The molecule has 37 heavy (non-hydrogen) atoms. The summed E-state index contributed by atoms with van der Waals surface area (Å²) >= 11 is 0. The maximum absolute atomic E-state index is 13.3. The number of carbonyl (C=O) groups is 2. The lowest BCUT2D eigenvalue weighted by Gasteiger charge is -2.11. The first-order chi connectivity index (χ1) is 17.9. The molecule has 0 bridgehead atoms. The second-order valence-electron chi connectivity index (χ2n) is 9.03. The van der Waals surface area contributed by atoms with Gasteiger partial charge in [-0.1, -0.05) is 24.3 Å². The van der Waals surface area contributed by atoms with E-state index in [1.807, 2.05) is 57.2 Å². The fourth-order valence-corrected chi connectivity index (χ4v) is 4.13. The van der Waals surface area contributed by atoms with Crippen LogP contribution in [0.15, 0.2) is 72.9 Å². The van der Waals surface area contributed by atoms with Crippen molar-refractivity contribution in [1.29, 1.82) is 0 Å². The summed E-state index contributed by atoms with van der Waals surface area (Å²) < 4.78 is 1.69. The van der Waals surface area contributed by atoms with Crippen LogP contribution in [0.4, 0.5) is 5.69 Å². The quantitative estimate of drug-likeness (QED) is 0.285. The van der Waals surface area contributed by atoms with Gasteiger partial charge >= 0.3 is 0 Å². The lowest BCUT2D eigenvalue weighted by molar-refractivity contribution is 0.101. The number of hydrogen-bond acceptors (Lipinski definition) is 5. The van der Waals surface area contributed by atoms with Gasteiger partial charge in [0.25, 0.3) is 5.91 Å². The van der Waals surface area contributed by atoms with Gasteiger partial charge in [0.05, 0.1) is 22.6 Å². The lowest BCUT2D eigenvalue weighted by Crippen LogP contribution is -2.19. The molecule has 0 radical (unpaired) electrons. The van der Waals surface area contributed by atoms with Crippen molar-refractivity contribution in [3.63, 3.8) is 0 Å². The van der Waals surface area contributed by atoms with Gasteiger partial charge in [-0.3, -0.25) is 24.4 Å². The van der Waals surface area contributed by atoms with E-state index in [4.69, 9.17) is 0 Å². The summed E-state index contributed by atoms with van der Waals surface area (Å²) in [6.45, 7) is 5.79. The summed E-state index contributed by atoms with van der Waals surface area (Å²) in [4.78, 5) is 30.5. The van der Waals surface area contributed by atoms with Gasteiger partial charge in [-0.05, 0) is 75.4 Å². The van der Waals surface area contributed by atoms with Crippen LogP contribution in [0.3, 0.4) is 0 Å². The van der Waals surface area contributed by atoms with Crippen LogP contribution < -0.4 is 5.32 Å². The molecule has 0 aliphatic rings. The summed E-state index contributed by atoms with van der Waals surface area (Å²) in [7, 11) is 0. The van der Waals surface area contributed by atoms with Crippen molar-refractivity contribution in [2.75, 3.05) is 5.32 Å². The van der Waals surface area contributed by atoms with E-state index in [0.717, 1.165) is 28.0 Å². The zero-order chi connectivity index (χ0) is 25.9. The van der Waals surface area contributed by atoms with E-state index in [0.29, 0.717) is 22.5 Å². The number of benzene rings is 2. The van der Waals surface area contributed by atoms with Gasteiger partial charge in [-0.25, -0.2) is 0 Å². The summed E-state index contributed by atoms with van der Waals surface area (Å²) in [5.74, 6) is -0.426. The first-order valence-corrected chi connectivity index (χ1v) is 12.0. The van der Waals surface area contributed by atoms with Gasteiger partial charge in [0.2, 0.25) is 0 Å². The van der Waals surface area contributed by atoms with Crippen LogP contribution in [0.2, 0.25) is 0 Å². The van der Waals surface area contributed by atoms with Crippen LogP contribution in [-0.4, -0.2) is 36.7 Å². The molecule has 8 nitrogen and oxygen atoms in total. The van der Waals surface area contributed by atoms with E-state index in [1.165, 1.54) is 0 Å². The third-order valence-electron chi connectivity index (χ3n) is 5.92. The molecule has 8 heteroatoms. The van der Waals surface area contributed by atoms with Gasteiger partial charge in [-0.15, -0.1) is 0 Å². The molecule has 3 heterocycles. The standard InChI is InChI=1S/C29H26N6O2/c1-18(2)35-27(15-19(3)34-35)29(37)31-23-9-6-7-20(16-23)28(36)21-10-12-24-25(32-33-26(24)17-21)13-11-22-8-4-5-14-30-22/h4-18H,1-3H3,(H,31,37)(H,32,33). The molecule has 2 aromatic carbocycles. The second-order valence-corrected chi connectivity index (χ2v) is 9.03. The Balaban J connectivity index is 1.35. The Morgan fingerprint density at radius 2 is 1.81 bits per heavy atom. The highest BCUT2D eigenvalue weighted by atomic mass is 16.2. The van der Waals surface area contributed by atoms with Crippen molar-refractivity contribution in [1.82, 2.24) is 25.0 Å². The largest absolute Gasteiger partial charge is 0.321 e. The topological polar surface area (TPSA) is 106 Å². The minimum absolute atomic E-state index is 0.0470. The monoisotopic (exact) mass is 490 g/mol. The number of nitrogens with one attached hydrogen (secondary N) is 2. The third kappa shape index (κ3) is 5.08. The predicted molar refractivity (Wildman–Crippen MR) is 144 cm³/mol. The first kappa shape index (κ1) is 23.9. The minimum Gasteiger partial charge on any atom is -0.321 e. The van der Waals surface area contributed by atoms with Crippen molar-refractivity contribution in [3.05, 3.63) is 107 Å². The first-order valence-electron chi connectivity index (χ1n) is 12.0. The average molecular weight is 491 g/mol. The maximum Gasteiger partial charge on any atom is 0.273 e. The number of aromatic nitrogens is 5. The molecule has 5 rings (SSSR count). The highest BCUT2D eigenvalue weighted by Gasteiger charge is 2.17. The number of rotatable bonds is 7. The molecule has 0 unspecified atom stereocenters. The number of anilines is 1. The zero-order valence-corrected chi connectivity index (χ0v) is 20.8. The minimum atomic E-state index is -0.274. The van der Waals surface area contributed by atoms with Gasteiger partial charge in [0, 0.05) is 34.4 Å². The number of aromatic amines is 1. The number of fused-ring (bicyclic) bond motifs is 1.